The maximum Gasteiger partial charge on any atom is 0.338 e. The number of nitrogens with zero attached hydrogens (tertiary/aromatic N) is 1. The van der Waals surface area contributed by atoms with Crippen molar-refractivity contribution in [3.63, 3.8) is 0 Å². The fourth-order valence-electron chi connectivity index (χ4n) is 7.72. The van der Waals surface area contributed by atoms with Gasteiger partial charge in [-0.1, -0.05) is 25.5 Å². The number of ether oxygens (including phenoxy) is 1. The van der Waals surface area contributed by atoms with E-state index in [1.54, 1.807) is 12.2 Å². The molecule has 8 heteroatoms. The zero-order chi connectivity index (χ0) is 25.9. The van der Waals surface area contributed by atoms with E-state index < -0.39 is 34.3 Å². The van der Waals surface area contributed by atoms with Gasteiger partial charge < -0.3 is 9.84 Å². The van der Waals surface area contributed by atoms with Gasteiger partial charge in [0, 0.05) is 23.0 Å². The number of hydrogen-bond donors (Lipinski definition) is 1. The van der Waals surface area contributed by atoms with Gasteiger partial charge in [-0.15, -0.1) is 0 Å². The summed E-state index contributed by atoms with van der Waals surface area (Å²) in [4.78, 5) is 48.0. The van der Waals surface area contributed by atoms with Crippen molar-refractivity contribution < 1.29 is 29.2 Å². The average Bonchev–Trinajstić information content (AvgIpc) is 3.14. The van der Waals surface area contributed by atoms with Gasteiger partial charge in [-0.3, -0.25) is 19.7 Å². The molecule has 190 valence electrons. The Morgan fingerprint density at radius 2 is 1.81 bits per heavy atom. The van der Waals surface area contributed by atoms with Crippen molar-refractivity contribution in [1.29, 1.82) is 0 Å². The van der Waals surface area contributed by atoms with Gasteiger partial charge in [0.2, 0.25) is 5.78 Å². The Balaban J connectivity index is 1.30. The van der Waals surface area contributed by atoms with Gasteiger partial charge in [0.05, 0.1) is 10.5 Å². The van der Waals surface area contributed by atoms with Gasteiger partial charge in [0.25, 0.3) is 5.69 Å². The maximum atomic E-state index is 13.3. The lowest BCUT2D eigenvalue weighted by Gasteiger charge is -2.57. The predicted octanol–water partition coefficient (Wildman–Crippen LogP) is 4.36. The summed E-state index contributed by atoms with van der Waals surface area (Å²) in [7, 11) is 0. The van der Waals surface area contributed by atoms with E-state index in [0.29, 0.717) is 24.7 Å². The molecule has 0 aliphatic heterocycles. The average molecular weight is 494 g/mol. The highest BCUT2D eigenvalue weighted by Crippen LogP contribution is 2.67. The number of carbonyl (C=O) groups excluding carboxylic acids is 3. The van der Waals surface area contributed by atoms with E-state index in [4.69, 9.17) is 4.74 Å². The van der Waals surface area contributed by atoms with Crippen LogP contribution in [0.1, 0.15) is 62.7 Å². The van der Waals surface area contributed by atoms with Crippen molar-refractivity contribution in [2.45, 2.75) is 58.0 Å². The third-order valence-electron chi connectivity index (χ3n) is 9.82. The summed E-state index contributed by atoms with van der Waals surface area (Å²) < 4.78 is 5.23. The van der Waals surface area contributed by atoms with Crippen LogP contribution in [0.4, 0.5) is 5.69 Å². The SMILES string of the molecule is C[C@]12C=CC(=O)C=C1CC[C@H]1[C@H]2CC[C@@]2(C)[C@@H]1CC[C@@]2(O)C(=O)COC(=O)c1ccc([N+](=O)[O-])cc1. The van der Waals surface area contributed by atoms with Crippen LogP contribution in [0.3, 0.4) is 0 Å². The molecule has 36 heavy (non-hydrogen) atoms. The zero-order valence-electron chi connectivity index (χ0n) is 20.6. The first-order valence-corrected chi connectivity index (χ1v) is 12.6. The number of nitro benzene ring substituents is 1. The van der Waals surface area contributed by atoms with Gasteiger partial charge >= 0.3 is 5.97 Å². The number of nitro groups is 1. The topological polar surface area (TPSA) is 124 Å². The number of ketones is 2. The van der Waals surface area contributed by atoms with E-state index in [2.05, 4.69) is 13.0 Å². The molecule has 4 aliphatic rings. The Hall–Kier alpha value is -3.13. The van der Waals surface area contributed by atoms with Crippen LogP contribution >= 0.6 is 0 Å². The molecular formula is C28H31NO7. The number of esters is 1. The number of rotatable bonds is 5. The number of fused-ring (bicyclic) bond motifs is 5. The highest BCUT2D eigenvalue weighted by Gasteiger charge is 2.66. The Labute approximate surface area is 209 Å². The molecule has 5 rings (SSSR count). The van der Waals surface area contributed by atoms with Crippen LogP contribution in [0.15, 0.2) is 48.1 Å². The van der Waals surface area contributed by atoms with Gasteiger partial charge in [-0.25, -0.2) is 4.79 Å². The molecule has 8 nitrogen and oxygen atoms in total. The third-order valence-corrected chi connectivity index (χ3v) is 9.82. The molecule has 1 aromatic rings. The van der Waals surface area contributed by atoms with Crippen LogP contribution in [0.25, 0.3) is 0 Å². The number of benzene rings is 1. The van der Waals surface area contributed by atoms with Crippen molar-refractivity contribution in [3.05, 3.63) is 63.7 Å². The van der Waals surface area contributed by atoms with E-state index in [0.717, 1.165) is 25.7 Å². The molecule has 4 aliphatic carbocycles. The fraction of sp³-hybridized carbons (Fsp3) is 0.536. The number of carbonyl (C=O) groups is 3. The molecule has 1 N–H and O–H groups in total. The molecule has 0 unspecified atom stereocenters. The monoisotopic (exact) mass is 493 g/mol. The highest BCUT2D eigenvalue weighted by molar-refractivity contribution is 6.01. The van der Waals surface area contributed by atoms with E-state index in [1.807, 2.05) is 6.92 Å². The molecule has 6 atom stereocenters. The summed E-state index contributed by atoms with van der Waals surface area (Å²) in [5.41, 5.74) is -1.20. The number of aliphatic hydroxyl groups is 1. The van der Waals surface area contributed by atoms with Crippen LogP contribution in [0.5, 0.6) is 0 Å². The quantitative estimate of drug-likeness (QED) is 0.367. The summed E-state index contributed by atoms with van der Waals surface area (Å²) in [6.45, 7) is 3.67. The summed E-state index contributed by atoms with van der Waals surface area (Å²) in [5, 5.41) is 22.5. The second-order valence-electron chi connectivity index (χ2n) is 11.3. The molecular weight excluding hydrogens is 462 g/mol. The third kappa shape index (κ3) is 3.57. The minimum atomic E-state index is -1.58. The summed E-state index contributed by atoms with van der Waals surface area (Å²) in [6.07, 6.45) is 9.91. The van der Waals surface area contributed by atoms with Crippen LogP contribution in [-0.2, 0) is 14.3 Å². The first-order chi connectivity index (χ1) is 17.0. The van der Waals surface area contributed by atoms with Crippen molar-refractivity contribution in [2.24, 2.45) is 28.6 Å². The molecule has 0 spiro atoms. The number of non-ortho nitro benzene ring substituents is 1. The van der Waals surface area contributed by atoms with Crippen molar-refractivity contribution in [2.75, 3.05) is 6.61 Å². The lowest BCUT2D eigenvalue weighted by atomic mass is 9.47. The molecule has 0 heterocycles. The van der Waals surface area contributed by atoms with Gasteiger partial charge in [0.1, 0.15) is 5.60 Å². The predicted molar refractivity (Wildman–Crippen MR) is 130 cm³/mol. The number of allylic oxidation sites excluding steroid dienone is 4. The van der Waals surface area contributed by atoms with Gasteiger partial charge in [-0.05, 0) is 80.6 Å². The number of Topliss-reactive ketones (excluding diaryl/α,β-unsaturated/α-hetero) is 1. The second-order valence-corrected chi connectivity index (χ2v) is 11.3. The summed E-state index contributed by atoms with van der Waals surface area (Å²) >= 11 is 0. The van der Waals surface area contributed by atoms with Crippen molar-refractivity contribution >= 4 is 23.2 Å². The van der Waals surface area contributed by atoms with E-state index in [1.165, 1.54) is 29.8 Å². The van der Waals surface area contributed by atoms with Crippen LogP contribution in [-0.4, -0.2) is 39.8 Å². The Morgan fingerprint density at radius 3 is 2.50 bits per heavy atom. The van der Waals surface area contributed by atoms with Gasteiger partial charge in [0.15, 0.2) is 12.4 Å². The molecule has 3 fully saturated rings. The van der Waals surface area contributed by atoms with E-state index in [9.17, 15) is 29.6 Å². The molecule has 0 amide bonds. The standard InChI is InChI=1S/C28H31NO7/c1-26-12-9-20(30)15-18(26)5-8-21-22(26)10-13-27(2)23(21)11-14-28(27,33)24(31)16-36-25(32)17-3-6-19(7-4-17)29(34)35/h3-4,6-7,9,12,15,21-23,33H,5,8,10-11,13-14,16H2,1-2H3/t21-,22+,23+,26-,27-,28+/m0/s1. The Bertz CT molecular complexity index is 1200. The maximum absolute atomic E-state index is 13.3. The molecule has 1 aromatic carbocycles. The fourth-order valence-corrected chi connectivity index (χ4v) is 7.72. The molecule has 0 saturated heterocycles. The van der Waals surface area contributed by atoms with Gasteiger partial charge in [-0.2, -0.15) is 0 Å². The van der Waals surface area contributed by atoms with Crippen LogP contribution < -0.4 is 0 Å². The molecule has 0 bridgehead atoms. The van der Waals surface area contributed by atoms with E-state index >= 15 is 0 Å². The molecule has 0 radical (unpaired) electrons. The molecule has 3 saturated carbocycles. The minimum Gasteiger partial charge on any atom is -0.454 e. The lowest BCUT2D eigenvalue weighted by Crippen LogP contribution is -2.58. The Morgan fingerprint density at radius 1 is 1.11 bits per heavy atom. The number of hydrogen-bond acceptors (Lipinski definition) is 7. The Kier molecular flexibility index (Phi) is 5.78. The summed E-state index contributed by atoms with van der Waals surface area (Å²) in [5.74, 6) is -0.341. The summed E-state index contributed by atoms with van der Waals surface area (Å²) in [6, 6.07) is 4.98. The van der Waals surface area contributed by atoms with Crippen molar-refractivity contribution in [1.82, 2.24) is 0 Å². The zero-order valence-corrected chi connectivity index (χ0v) is 20.6. The minimum absolute atomic E-state index is 0.0469. The van der Waals surface area contributed by atoms with Crippen molar-refractivity contribution in [3.8, 4) is 0 Å². The van der Waals surface area contributed by atoms with E-state index in [-0.39, 0.29) is 28.4 Å². The van der Waals surface area contributed by atoms with Crippen LogP contribution in [0, 0.1) is 38.7 Å². The first-order valence-electron chi connectivity index (χ1n) is 12.6. The second kappa shape index (κ2) is 8.47. The smallest absolute Gasteiger partial charge is 0.338 e. The normalized spacial score (nSPS) is 36.8. The van der Waals surface area contributed by atoms with Crippen LogP contribution in [0.2, 0.25) is 0 Å². The largest absolute Gasteiger partial charge is 0.454 e. The lowest BCUT2D eigenvalue weighted by molar-refractivity contribution is -0.384. The highest BCUT2D eigenvalue weighted by atomic mass is 16.6. The molecule has 0 aromatic heterocycles. The first kappa shape index (κ1) is 24.6.